The fourth-order valence-electron chi connectivity index (χ4n) is 3.37. The van der Waals surface area contributed by atoms with Gasteiger partial charge >= 0.3 is 0 Å². The van der Waals surface area contributed by atoms with Gasteiger partial charge in [0, 0.05) is 23.2 Å². The van der Waals surface area contributed by atoms with Gasteiger partial charge in [-0.1, -0.05) is 32.0 Å². The van der Waals surface area contributed by atoms with Crippen LogP contribution in [0.1, 0.15) is 32.3 Å². The van der Waals surface area contributed by atoms with Crippen LogP contribution < -0.4 is 5.32 Å². The minimum Gasteiger partial charge on any atom is -0.339 e. The first-order chi connectivity index (χ1) is 15.6. The van der Waals surface area contributed by atoms with Crippen LogP contribution in [0.4, 0.5) is 10.1 Å². The molecule has 3 aromatic rings. The van der Waals surface area contributed by atoms with Crippen LogP contribution in [-0.2, 0) is 0 Å². The van der Waals surface area contributed by atoms with E-state index in [2.05, 4.69) is 45.7 Å². The summed E-state index contributed by atoms with van der Waals surface area (Å²) < 4.78 is 13.9. The van der Waals surface area contributed by atoms with Gasteiger partial charge in [-0.25, -0.2) is 9.38 Å². The summed E-state index contributed by atoms with van der Waals surface area (Å²) >= 11 is 0. The zero-order chi connectivity index (χ0) is 22.8. The Morgan fingerprint density at radius 2 is 1.91 bits per heavy atom. The van der Waals surface area contributed by atoms with Gasteiger partial charge in [-0.05, 0) is 50.8 Å². The van der Waals surface area contributed by atoms with Crippen molar-refractivity contribution in [2.75, 3.05) is 25.1 Å². The highest BCUT2D eigenvalue weighted by Gasteiger charge is 2.08. The number of rotatable bonds is 11. The van der Waals surface area contributed by atoms with E-state index in [-0.39, 0.29) is 0 Å². The number of nitrogens with one attached hydrogen (secondary N) is 1. The van der Waals surface area contributed by atoms with Gasteiger partial charge in [0.15, 0.2) is 0 Å². The Morgan fingerprint density at radius 1 is 1.12 bits per heavy atom. The second kappa shape index (κ2) is 11.8. The second-order valence-electron chi connectivity index (χ2n) is 7.42. The molecule has 0 bridgehead atoms. The van der Waals surface area contributed by atoms with Gasteiger partial charge in [-0.3, -0.25) is 19.9 Å². The van der Waals surface area contributed by atoms with E-state index < -0.39 is 5.82 Å². The summed E-state index contributed by atoms with van der Waals surface area (Å²) in [4.78, 5) is 19.6. The van der Waals surface area contributed by atoms with E-state index in [1.165, 1.54) is 12.3 Å². The van der Waals surface area contributed by atoms with E-state index in [9.17, 15) is 4.39 Å². The fourth-order valence-corrected chi connectivity index (χ4v) is 3.37. The Bertz CT molecular complexity index is 1100. The molecule has 0 atom stereocenters. The lowest BCUT2D eigenvalue weighted by atomic mass is 10.1. The van der Waals surface area contributed by atoms with Crippen LogP contribution in [0.3, 0.4) is 0 Å². The smallest absolute Gasteiger partial charge is 0.142 e. The Hall–Kier alpha value is -3.45. The zero-order valence-electron chi connectivity index (χ0n) is 18.6. The Labute approximate surface area is 188 Å². The molecule has 0 spiro atoms. The molecule has 0 aliphatic carbocycles. The third-order valence-electron chi connectivity index (χ3n) is 4.83. The van der Waals surface area contributed by atoms with Gasteiger partial charge in [0.25, 0.3) is 0 Å². The van der Waals surface area contributed by atoms with Crippen molar-refractivity contribution in [3.05, 3.63) is 78.3 Å². The Kier molecular flexibility index (Phi) is 8.57. The molecule has 3 rings (SSSR count). The van der Waals surface area contributed by atoms with Crippen molar-refractivity contribution in [3.8, 4) is 0 Å². The topological polar surface area (TPSA) is 65.8 Å². The molecule has 2 heterocycles. The highest BCUT2D eigenvalue weighted by atomic mass is 19.1. The van der Waals surface area contributed by atoms with Gasteiger partial charge < -0.3 is 5.32 Å². The van der Waals surface area contributed by atoms with Gasteiger partial charge in [-0.2, -0.15) is 0 Å². The first-order valence-corrected chi connectivity index (χ1v) is 10.8. The summed E-state index contributed by atoms with van der Waals surface area (Å²) in [6.45, 7) is 10.4. The number of hydrogen-bond acceptors (Lipinski definition) is 6. The molecule has 2 aromatic heterocycles. The van der Waals surface area contributed by atoms with E-state index in [0.29, 0.717) is 23.8 Å². The average molecular weight is 433 g/mol. The average Bonchev–Trinajstić information content (AvgIpc) is 2.81. The van der Waals surface area contributed by atoms with Crippen molar-refractivity contribution < 1.29 is 4.39 Å². The molecule has 0 aliphatic heterocycles. The first-order valence-electron chi connectivity index (χ1n) is 10.8. The largest absolute Gasteiger partial charge is 0.339 e. The van der Waals surface area contributed by atoms with Gasteiger partial charge in [0.1, 0.15) is 11.6 Å². The van der Waals surface area contributed by atoms with Crippen molar-refractivity contribution >= 4 is 29.0 Å². The van der Waals surface area contributed by atoms with Crippen LogP contribution in [0.25, 0.3) is 10.9 Å². The standard InChI is InChI=1S/C25H29FN6/c1-4-10-32(11-5-2)18-30-24(20-12-21(26)16-28-15-20)14-25(27-3)31-22-13-19-8-6-7-9-23(19)29-17-22/h6-9,12-17,31H,3-5,10-11,18H2,1-2H3/b25-14+,30-24+. The zero-order valence-corrected chi connectivity index (χ0v) is 18.6. The Morgan fingerprint density at radius 3 is 2.62 bits per heavy atom. The van der Waals surface area contributed by atoms with E-state index in [4.69, 9.17) is 4.99 Å². The van der Waals surface area contributed by atoms with Crippen LogP contribution in [-0.4, -0.2) is 47.1 Å². The fraction of sp³-hybridized carbons (Fsp3) is 0.280. The van der Waals surface area contributed by atoms with E-state index in [1.54, 1.807) is 18.5 Å². The lowest BCUT2D eigenvalue weighted by Crippen LogP contribution is -2.26. The van der Waals surface area contributed by atoms with Gasteiger partial charge in [-0.15, -0.1) is 0 Å². The number of benzene rings is 1. The molecule has 6 nitrogen and oxygen atoms in total. The number of anilines is 1. The highest BCUT2D eigenvalue weighted by molar-refractivity contribution is 6.09. The maximum absolute atomic E-state index is 13.9. The summed E-state index contributed by atoms with van der Waals surface area (Å²) in [6.07, 6.45) is 8.36. The molecule has 1 N–H and O–H groups in total. The number of pyridine rings is 2. The predicted octanol–water partition coefficient (Wildman–Crippen LogP) is 5.29. The number of para-hydroxylation sites is 1. The summed E-state index contributed by atoms with van der Waals surface area (Å²) in [5.41, 5.74) is 2.85. The minimum atomic E-state index is -0.414. The molecule has 0 saturated heterocycles. The molecule has 0 fully saturated rings. The van der Waals surface area contributed by atoms with Crippen LogP contribution in [0.2, 0.25) is 0 Å². The van der Waals surface area contributed by atoms with E-state index >= 15 is 0 Å². The van der Waals surface area contributed by atoms with Crippen molar-refractivity contribution in [1.82, 2.24) is 14.9 Å². The van der Waals surface area contributed by atoms with E-state index in [0.717, 1.165) is 42.5 Å². The lowest BCUT2D eigenvalue weighted by molar-refractivity contribution is 0.284. The lowest BCUT2D eigenvalue weighted by Gasteiger charge is -2.19. The highest BCUT2D eigenvalue weighted by Crippen LogP contribution is 2.18. The summed E-state index contributed by atoms with van der Waals surface area (Å²) in [6, 6.07) is 11.3. The number of halogens is 1. The van der Waals surface area contributed by atoms with Crippen molar-refractivity contribution in [2.45, 2.75) is 26.7 Å². The molecule has 0 unspecified atom stereocenters. The summed E-state index contributed by atoms with van der Waals surface area (Å²) in [5, 5.41) is 4.25. The molecule has 166 valence electrons. The maximum Gasteiger partial charge on any atom is 0.142 e. The SMILES string of the molecule is C=N/C(=C\C(=N/CN(CCC)CCC)c1cncc(F)c1)Nc1cnc2ccccc2c1. The predicted molar refractivity (Wildman–Crippen MR) is 131 cm³/mol. The quantitative estimate of drug-likeness (QED) is 0.418. The second-order valence-corrected chi connectivity index (χ2v) is 7.42. The molecule has 1 aromatic carbocycles. The van der Waals surface area contributed by atoms with Gasteiger partial charge in [0.05, 0.1) is 36.0 Å². The molecule has 0 amide bonds. The summed E-state index contributed by atoms with van der Waals surface area (Å²) in [5.74, 6) is 0.0741. The Balaban J connectivity index is 1.91. The molecule has 0 radical (unpaired) electrons. The van der Waals surface area contributed by atoms with Crippen molar-refractivity contribution in [2.24, 2.45) is 9.98 Å². The molecule has 0 saturated carbocycles. The van der Waals surface area contributed by atoms with Crippen LogP contribution in [0.15, 0.2) is 76.9 Å². The number of fused-ring (bicyclic) bond motifs is 1. The molecular formula is C25H29FN6. The van der Waals surface area contributed by atoms with Gasteiger partial charge in [0.2, 0.25) is 0 Å². The maximum atomic E-state index is 13.9. The molecule has 32 heavy (non-hydrogen) atoms. The van der Waals surface area contributed by atoms with Crippen molar-refractivity contribution in [3.63, 3.8) is 0 Å². The molecule has 0 aliphatic rings. The number of aliphatic imine (C=N–C) groups is 2. The molecule has 7 heteroatoms. The normalized spacial score (nSPS) is 12.4. The number of nitrogens with zero attached hydrogens (tertiary/aromatic N) is 5. The first kappa shape index (κ1) is 23.2. The van der Waals surface area contributed by atoms with Crippen LogP contribution >= 0.6 is 0 Å². The number of allylic oxidation sites excluding steroid dienone is 1. The van der Waals surface area contributed by atoms with Crippen molar-refractivity contribution in [1.29, 1.82) is 0 Å². The number of aromatic nitrogens is 2. The van der Waals surface area contributed by atoms with E-state index in [1.807, 2.05) is 30.3 Å². The minimum absolute atomic E-state index is 0.414. The summed E-state index contributed by atoms with van der Waals surface area (Å²) in [7, 11) is 0. The van der Waals surface area contributed by atoms with Crippen LogP contribution in [0, 0.1) is 5.82 Å². The third-order valence-corrected chi connectivity index (χ3v) is 4.83. The molecular weight excluding hydrogens is 403 g/mol. The third kappa shape index (κ3) is 6.52. The number of hydrogen-bond donors (Lipinski definition) is 1. The monoisotopic (exact) mass is 432 g/mol. The van der Waals surface area contributed by atoms with Crippen LogP contribution in [0.5, 0.6) is 0 Å².